The molecule has 0 saturated heterocycles. The van der Waals surface area contributed by atoms with Gasteiger partial charge in [-0.3, -0.25) is 0 Å². The van der Waals surface area contributed by atoms with E-state index in [1.165, 1.54) is 69.4 Å². The van der Waals surface area contributed by atoms with Crippen LogP contribution in [0, 0.1) is 18.8 Å². The summed E-state index contributed by atoms with van der Waals surface area (Å²) in [5.74, 6) is 2.54. The van der Waals surface area contributed by atoms with Crippen molar-refractivity contribution in [1.29, 1.82) is 0 Å². The number of nitrogens with zero attached hydrogens (tertiary/aromatic N) is 2. The first-order valence-electron chi connectivity index (χ1n) is 11.3. The number of fused-ring (bicyclic) bond motifs is 5. The molecule has 2 aromatic carbocycles. The molecule has 2 saturated carbocycles. The van der Waals surface area contributed by atoms with Gasteiger partial charge in [-0.05, 0) is 72.6 Å². The monoisotopic (exact) mass is 395 g/mol. The Morgan fingerprint density at radius 1 is 1.03 bits per heavy atom. The molecular weight excluding hydrogens is 368 g/mol. The van der Waals surface area contributed by atoms with Gasteiger partial charge < -0.3 is 8.98 Å². The normalized spacial score (nSPS) is 23.6. The Kier molecular flexibility index (Phi) is 3.19. The maximum absolute atomic E-state index is 6.67. The molecule has 0 N–H and O–H groups in total. The molecule has 0 spiro atoms. The van der Waals surface area contributed by atoms with Crippen LogP contribution in [-0.4, -0.2) is 4.57 Å². The van der Waals surface area contributed by atoms with Crippen molar-refractivity contribution in [3.8, 4) is 0 Å². The molecule has 3 atom stereocenters. The lowest BCUT2D eigenvalue weighted by molar-refractivity contribution is -0.642. The lowest BCUT2D eigenvalue weighted by Gasteiger charge is -2.23. The summed E-state index contributed by atoms with van der Waals surface area (Å²) in [6, 6.07) is 11.5. The van der Waals surface area contributed by atoms with Crippen molar-refractivity contribution in [2.45, 2.75) is 38.5 Å². The maximum atomic E-state index is 6.67. The molecule has 0 aliphatic heterocycles. The van der Waals surface area contributed by atoms with Gasteiger partial charge in [-0.1, -0.05) is 12.5 Å². The zero-order valence-corrected chi connectivity index (χ0v) is 17.9. The second-order valence-corrected chi connectivity index (χ2v) is 9.88. The van der Waals surface area contributed by atoms with Crippen molar-refractivity contribution >= 4 is 43.7 Å². The highest BCUT2D eigenvalue weighted by molar-refractivity contribution is 6.19. The van der Waals surface area contributed by atoms with Gasteiger partial charge in [-0.15, -0.1) is 0 Å². The molecule has 3 unspecified atom stereocenters. The van der Waals surface area contributed by atoms with Crippen LogP contribution in [-0.2, 0) is 14.1 Å². The van der Waals surface area contributed by atoms with Gasteiger partial charge in [0.05, 0.1) is 17.0 Å². The molecule has 5 aromatic rings. The molecule has 2 aliphatic rings. The van der Waals surface area contributed by atoms with Crippen LogP contribution in [0.25, 0.3) is 43.7 Å². The fraction of sp³-hybridized carbons (Fsp3) is 0.370. The highest BCUT2D eigenvalue weighted by atomic mass is 16.3. The van der Waals surface area contributed by atoms with E-state index in [0.717, 1.165) is 23.0 Å². The summed E-state index contributed by atoms with van der Waals surface area (Å²) in [6.45, 7) is 2.23. The smallest absolute Gasteiger partial charge is 0.216 e. The van der Waals surface area contributed by atoms with Gasteiger partial charge >= 0.3 is 0 Å². The molecule has 3 nitrogen and oxygen atoms in total. The third kappa shape index (κ3) is 2.08. The highest BCUT2D eigenvalue weighted by Crippen LogP contribution is 2.53. The third-order valence-corrected chi connectivity index (χ3v) is 8.26. The Labute approximate surface area is 175 Å². The van der Waals surface area contributed by atoms with Crippen molar-refractivity contribution in [2.24, 2.45) is 25.9 Å². The van der Waals surface area contributed by atoms with Crippen LogP contribution in [0.4, 0.5) is 0 Å². The number of hydrogen-bond donors (Lipinski definition) is 0. The average Bonchev–Trinajstić information content (AvgIpc) is 3.46. The van der Waals surface area contributed by atoms with Crippen LogP contribution in [0.1, 0.15) is 42.7 Å². The molecule has 0 amide bonds. The van der Waals surface area contributed by atoms with E-state index >= 15 is 0 Å². The third-order valence-electron chi connectivity index (χ3n) is 8.26. The zero-order chi connectivity index (χ0) is 20.1. The summed E-state index contributed by atoms with van der Waals surface area (Å²) < 4.78 is 11.1. The summed E-state index contributed by atoms with van der Waals surface area (Å²) in [6.07, 6.45) is 10.0. The minimum atomic E-state index is 0.712. The van der Waals surface area contributed by atoms with Gasteiger partial charge in [0.2, 0.25) is 5.52 Å². The molecule has 150 valence electrons. The van der Waals surface area contributed by atoms with E-state index in [9.17, 15) is 0 Å². The predicted octanol–water partition coefficient (Wildman–Crippen LogP) is 6.27. The number of benzene rings is 2. The minimum Gasteiger partial charge on any atom is -0.456 e. The predicted molar refractivity (Wildman–Crippen MR) is 122 cm³/mol. The van der Waals surface area contributed by atoms with E-state index in [-0.39, 0.29) is 0 Å². The van der Waals surface area contributed by atoms with Gasteiger partial charge in [-0.25, -0.2) is 4.57 Å². The zero-order valence-electron chi connectivity index (χ0n) is 17.9. The van der Waals surface area contributed by atoms with Crippen LogP contribution < -0.4 is 4.57 Å². The van der Waals surface area contributed by atoms with Crippen molar-refractivity contribution in [3.05, 3.63) is 53.9 Å². The molecule has 30 heavy (non-hydrogen) atoms. The second-order valence-electron chi connectivity index (χ2n) is 9.88. The Bertz CT molecular complexity index is 1500. The van der Waals surface area contributed by atoms with E-state index in [2.05, 4.69) is 72.9 Å². The number of rotatable bonds is 1. The maximum Gasteiger partial charge on any atom is 0.216 e. The van der Waals surface area contributed by atoms with Crippen LogP contribution in [0.15, 0.2) is 47.1 Å². The first-order valence-corrected chi connectivity index (χ1v) is 11.3. The summed E-state index contributed by atoms with van der Waals surface area (Å²) in [4.78, 5) is 0. The lowest BCUT2D eigenvalue weighted by atomic mass is 9.82. The standard InChI is InChI=1S/C27H27N2O/c1-15-20-7-9-28(2)22(20)14-24-25(15)27-26-18(6-8-29(27)3)12-19(13-23(26)30-24)21-11-16-4-5-17(21)10-16/h6-9,12-14,16-17,21H,4-5,10-11H2,1-3H3/q+1. The fourth-order valence-corrected chi connectivity index (χ4v) is 6.78. The number of aromatic nitrogens is 2. The highest BCUT2D eigenvalue weighted by Gasteiger charge is 2.40. The molecule has 7 rings (SSSR count). The lowest BCUT2D eigenvalue weighted by Crippen LogP contribution is -2.24. The Morgan fingerprint density at radius 2 is 1.90 bits per heavy atom. The Hall–Kier alpha value is -2.81. The second kappa shape index (κ2) is 5.66. The Balaban J connectivity index is 1.61. The average molecular weight is 396 g/mol. The van der Waals surface area contributed by atoms with Gasteiger partial charge in [0.25, 0.3) is 0 Å². The largest absolute Gasteiger partial charge is 0.456 e. The van der Waals surface area contributed by atoms with Gasteiger partial charge in [0, 0.05) is 30.1 Å². The van der Waals surface area contributed by atoms with Crippen LogP contribution >= 0.6 is 0 Å². The van der Waals surface area contributed by atoms with Crippen molar-refractivity contribution < 1.29 is 8.98 Å². The van der Waals surface area contributed by atoms with E-state index in [1.54, 1.807) is 0 Å². The molecule has 2 aliphatic carbocycles. The SMILES string of the molecule is Cc1c2cc[n+](C)c2cc2oc3cc(C4CC5CCC4C5)cc4ccn(C)c(c12)c43. The van der Waals surface area contributed by atoms with Gasteiger partial charge in [-0.2, -0.15) is 0 Å². The van der Waals surface area contributed by atoms with E-state index in [1.807, 2.05) is 0 Å². The number of pyridine rings is 1. The van der Waals surface area contributed by atoms with E-state index < -0.39 is 0 Å². The summed E-state index contributed by atoms with van der Waals surface area (Å²) >= 11 is 0. The Morgan fingerprint density at radius 3 is 2.70 bits per heavy atom. The molecule has 0 radical (unpaired) electrons. The summed E-state index contributed by atoms with van der Waals surface area (Å²) in [7, 11) is 4.27. The van der Waals surface area contributed by atoms with E-state index in [4.69, 9.17) is 4.42 Å². The summed E-state index contributed by atoms with van der Waals surface area (Å²) in [5.41, 5.74) is 7.33. The number of hydrogen-bond acceptors (Lipinski definition) is 1. The first kappa shape index (κ1) is 16.9. The van der Waals surface area contributed by atoms with E-state index in [0.29, 0.717) is 5.92 Å². The fourth-order valence-electron chi connectivity index (χ4n) is 6.78. The number of aryl methyl sites for hydroxylation is 3. The minimum absolute atomic E-state index is 0.712. The topological polar surface area (TPSA) is 21.9 Å². The molecule has 3 heteroatoms. The van der Waals surface area contributed by atoms with Gasteiger partial charge in [0.1, 0.15) is 18.2 Å². The molecular formula is C27H27N2O+. The first-order chi connectivity index (χ1) is 14.6. The van der Waals surface area contributed by atoms with Crippen molar-refractivity contribution in [3.63, 3.8) is 0 Å². The summed E-state index contributed by atoms with van der Waals surface area (Å²) in [5, 5.41) is 5.12. The van der Waals surface area contributed by atoms with Crippen molar-refractivity contribution in [1.82, 2.24) is 4.57 Å². The van der Waals surface area contributed by atoms with Crippen molar-refractivity contribution in [2.75, 3.05) is 0 Å². The molecule has 2 bridgehead atoms. The molecule has 3 heterocycles. The van der Waals surface area contributed by atoms with Crippen LogP contribution in [0.5, 0.6) is 0 Å². The molecule has 2 fully saturated rings. The quantitative estimate of drug-likeness (QED) is 0.186. The van der Waals surface area contributed by atoms with Gasteiger partial charge in [0.15, 0.2) is 6.20 Å². The van der Waals surface area contributed by atoms with Crippen LogP contribution in [0.3, 0.4) is 0 Å². The van der Waals surface area contributed by atoms with Crippen LogP contribution in [0.2, 0.25) is 0 Å². The molecule has 3 aromatic heterocycles.